The van der Waals surface area contributed by atoms with Gasteiger partial charge in [0.05, 0.1) is 5.56 Å². The molecule has 0 fully saturated rings. The molecular formula is C10H10BrFN6O. The maximum absolute atomic E-state index is 13.9. The molecular weight excluding hydrogens is 319 g/mol. The van der Waals surface area contributed by atoms with Crippen LogP contribution in [0, 0.1) is 12.7 Å². The van der Waals surface area contributed by atoms with Crippen LogP contribution in [0.1, 0.15) is 15.9 Å². The highest BCUT2D eigenvalue weighted by Gasteiger charge is 2.20. The summed E-state index contributed by atoms with van der Waals surface area (Å²) >= 11 is 3.12. The first kappa shape index (κ1) is 13.4. The zero-order chi connectivity index (χ0) is 14.2. The number of amides is 1. The van der Waals surface area contributed by atoms with Gasteiger partial charge in [-0.3, -0.25) is 10.1 Å². The van der Waals surface area contributed by atoms with Crippen LogP contribution in [-0.4, -0.2) is 26.1 Å². The van der Waals surface area contributed by atoms with E-state index in [-0.39, 0.29) is 11.5 Å². The number of hydrogen-bond acceptors (Lipinski definition) is 5. The van der Waals surface area contributed by atoms with Crippen molar-refractivity contribution in [2.45, 2.75) is 6.92 Å². The van der Waals surface area contributed by atoms with Gasteiger partial charge in [0.2, 0.25) is 5.95 Å². The lowest BCUT2D eigenvalue weighted by Crippen LogP contribution is -2.19. The van der Waals surface area contributed by atoms with Gasteiger partial charge in [0.15, 0.2) is 0 Å². The van der Waals surface area contributed by atoms with E-state index in [1.54, 1.807) is 14.0 Å². The molecule has 2 aromatic rings. The van der Waals surface area contributed by atoms with Gasteiger partial charge in [0, 0.05) is 17.2 Å². The van der Waals surface area contributed by atoms with Gasteiger partial charge in [-0.1, -0.05) is 5.10 Å². The van der Waals surface area contributed by atoms with Crippen LogP contribution in [0.4, 0.5) is 16.0 Å². The molecule has 0 radical (unpaired) electrons. The minimum absolute atomic E-state index is 0.116. The van der Waals surface area contributed by atoms with Crippen LogP contribution in [0.25, 0.3) is 0 Å². The zero-order valence-electron chi connectivity index (χ0n) is 10.1. The Morgan fingerprint density at radius 3 is 2.84 bits per heavy atom. The van der Waals surface area contributed by atoms with Gasteiger partial charge in [0.25, 0.3) is 5.91 Å². The average Bonchev–Trinajstić information content (AvgIpc) is 2.72. The van der Waals surface area contributed by atoms with Crippen LogP contribution in [0.15, 0.2) is 10.5 Å². The summed E-state index contributed by atoms with van der Waals surface area (Å²) in [6.45, 7) is 1.56. The Balaban J connectivity index is 2.40. The van der Waals surface area contributed by atoms with Gasteiger partial charge in [0.1, 0.15) is 5.82 Å². The summed E-state index contributed by atoms with van der Waals surface area (Å²) in [5.74, 6) is -1.22. The molecule has 1 amide bonds. The minimum atomic E-state index is -0.675. The number of aromatic nitrogens is 4. The highest BCUT2D eigenvalue weighted by atomic mass is 79.9. The number of nitrogens with two attached hydrogens (primary N) is 1. The van der Waals surface area contributed by atoms with Crippen LogP contribution >= 0.6 is 15.9 Å². The first-order valence-electron chi connectivity index (χ1n) is 5.19. The lowest BCUT2D eigenvalue weighted by Gasteiger charge is -2.11. The van der Waals surface area contributed by atoms with Crippen molar-refractivity contribution in [3.05, 3.63) is 27.5 Å². The molecule has 1 heterocycles. The van der Waals surface area contributed by atoms with E-state index in [0.717, 1.165) is 6.07 Å². The van der Waals surface area contributed by atoms with Gasteiger partial charge >= 0.3 is 0 Å². The lowest BCUT2D eigenvalue weighted by atomic mass is 10.1. The number of carbonyl (C=O) groups is 1. The molecule has 3 N–H and O–H groups in total. The van der Waals surface area contributed by atoms with E-state index >= 15 is 0 Å². The van der Waals surface area contributed by atoms with Gasteiger partial charge < -0.3 is 5.73 Å². The topological polar surface area (TPSA) is 98.7 Å². The summed E-state index contributed by atoms with van der Waals surface area (Å²) in [7, 11) is 1.55. The molecule has 1 aromatic heterocycles. The van der Waals surface area contributed by atoms with Crippen molar-refractivity contribution < 1.29 is 9.18 Å². The molecule has 100 valence electrons. The molecule has 0 aliphatic heterocycles. The van der Waals surface area contributed by atoms with Crippen molar-refractivity contribution in [3.8, 4) is 0 Å². The van der Waals surface area contributed by atoms with E-state index in [1.165, 1.54) is 4.68 Å². The number of nitrogens with one attached hydrogen (secondary N) is 1. The summed E-state index contributed by atoms with van der Waals surface area (Å²) in [6.07, 6.45) is 0. The van der Waals surface area contributed by atoms with Crippen LogP contribution < -0.4 is 11.1 Å². The number of halogens is 2. The highest BCUT2D eigenvalue weighted by Crippen LogP contribution is 2.28. The summed E-state index contributed by atoms with van der Waals surface area (Å²) in [4.78, 5) is 12.0. The number of nitrogens with zero attached hydrogens (tertiary/aromatic N) is 4. The van der Waals surface area contributed by atoms with Crippen LogP contribution in [0.3, 0.4) is 0 Å². The molecule has 19 heavy (non-hydrogen) atoms. The number of nitrogen functional groups attached to an aromatic ring is 1. The number of carbonyl (C=O) groups excluding carboxylic acids is 1. The Hall–Kier alpha value is -2.03. The van der Waals surface area contributed by atoms with Crippen molar-refractivity contribution in [1.29, 1.82) is 0 Å². The van der Waals surface area contributed by atoms with Crippen molar-refractivity contribution in [3.63, 3.8) is 0 Å². The summed E-state index contributed by atoms with van der Waals surface area (Å²) < 4.78 is 15.5. The summed E-state index contributed by atoms with van der Waals surface area (Å²) in [6, 6.07) is 1.15. The quantitative estimate of drug-likeness (QED) is 0.808. The van der Waals surface area contributed by atoms with Crippen molar-refractivity contribution >= 4 is 33.5 Å². The third-order valence-electron chi connectivity index (χ3n) is 2.60. The maximum atomic E-state index is 13.9. The molecule has 7 nitrogen and oxygen atoms in total. The summed E-state index contributed by atoms with van der Waals surface area (Å²) in [5, 5.41) is 12.9. The molecule has 0 atom stereocenters. The first-order valence-corrected chi connectivity index (χ1v) is 5.99. The number of benzene rings is 1. The Kier molecular flexibility index (Phi) is 3.47. The molecule has 1 aromatic carbocycles. The van der Waals surface area contributed by atoms with Crippen LogP contribution in [-0.2, 0) is 7.05 Å². The normalized spacial score (nSPS) is 10.5. The Morgan fingerprint density at radius 2 is 2.26 bits per heavy atom. The van der Waals surface area contributed by atoms with Crippen LogP contribution in [0.5, 0.6) is 0 Å². The van der Waals surface area contributed by atoms with E-state index in [9.17, 15) is 9.18 Å². The van der Waals surface area contributed by atoms with E-state index in [1.807, 2.05) is 0 Å². The molecule has 0 aliphatic rings. The number of rotatable bonds is 2. The van der Waals surface area contributed by atoms with Gasteiger partial charge in [-0.25, -0.2) is 9.07 Å². The van der Waals surface area contributed by atoms with Gasteiger partial charge in [-0.05, 0) is 44.9 Å². The summed E-state index contributed by atoms with van der Waals surface area (Å²) in [5.41, 5.74) is 6.27. The number of hydrogen-bond donors (Lipinski definition) is 2. The van der Waals surface area contributed by atoms with Crippen molar-refractivity contribution in [1.82, 2.24) is 20.2 Å². The van der Waals surface area contributed by atoms with Crippen LogP contribution in [0.2, 0.25) is 0 Å². The molecule has 2 rings (SSSR count). The Morgan fingerprint density at radius 1 is 1.58 bits per heavy atom. The average molecular weight is 329 g/mol. The van der Waals surface area contributed by atoms with Crippen molar-refractivity contribution in [2.75, 3.05) is 11.1 Å². The molecule has 0 saturated heterocycles. The number of aryl methyl sites for hydroxylation is 1. The standard InChI is InChI=1S/C10H10BrFN6O/c1-4-7(6(12)3-5(11)8(4)13)9(19)14-10-15-16-17-18(10)2/h3H,13H2,1-2H3,(H,14,15,17,19). The van der Waals surface area contributed by atoms with E-state index in [4.69, 9.17) is 5.73 Å². The smallest absolute Gasteiger partial charge is 0.261 e. The number of anilines is 2. The SMILES string of the molecule is Cc1c(N)c(Br)cc(F)c1C(=O)Nc1nnnn1C. The van der Waals surface area contributed by atoms with E-state index < -0.39 is 11.7 Å². The maximum Gasteiger partial charge on any atom is 0.261 e. The largest absolute Gasteiger partial charge is 0.398 e. The molecule has 0 unspecified atom stereocenters. The van der Waals surface area contributed by atoms with Crippen molar-refractivity contribution in [2.24, 2.45) is 7.05 Å². The van der Waals surface area contributed by atoms with Gasteiger partial charge in [-0.15, -0.1) is 0 Å². The fourth-order valence-corrected chi connectivity index (χ4v) is 2.03. The molecule has 0 bridgehead atoms. The fourth-order valence-electron chi connectivity index (χ4n) is 1.53. The predicted molar refractivity (Wildman–Crippen MR) is 70.0 cm³/mol. The second kappa shape index (κ2) is 4.92. The Bertz CT molecular complexity index is 656. The molecule has 0 saturated carbocycles. The second-order valence-electron chi connectivity index (χ2n) is 3.83. The van der Waals surface area contributed by atoms with E-state index in [0.29, 0.717) is 15.7 Å². The predicted octanol–water partition coefficient (Wildman–Crippen LogP) is 1.25. The monoisotopic (exact) mass is 328 g/mol. The molecule has 9 heteroatoms. The van der Waals surface area contributed by atoms with Gasteiger partial charge in [-0.2, -0.15) is 0 Å². The Labute approximate surface area is 116 Å². The third-order valence-corrected chi connectivity index (χ3v) is 3.26. The second-order valence-corrected chi connectivity index (χ2v) is 4.69. The van der Waals surface area contributed by atoms with E-state index in [2.05, 4.69) is 36.8 Å². The highest BCUT2D eigenvalue weighted by molar-refractivity contribution is 9.10. The molecule has 0 aliphatic carbocycles. The zero-order valence-corrected chi connectivity index (χ0v) is 11.7. The first-order chi connectivity index (χ1) is 8.91. The lowest BCUT2D eigenvalue weighted by molar-refractivity contribution is 0.102. The molecule has 0 spiro atoms. The number of tetrazole rings is 1. The third kappa shape index (κ3) is 2.41. The fraction of sp³-hybridized carbons (Fsp3) is 0.200. The minimum Gasteiger partial charge on any atom is -0.398 e.